The highest BCUT2D eigenvalue weighted by Gasteiger charge is 2.40. The summed E-state index contributed by atoms with van der Waals surface area (Å²) in [6.07, 6.45) is 5.83. The molecule has 2 atom stereocenters. The molecule has 6 heteroatoms. The highest BCUT2D eigenvalue weighted by atomic mass is 32.2. The van der Waals surface area contributed by atoms with Crippen molar-refractivity contribution >= 4 is 15.8 Å². The quantitative estimate of drug-likeness (QED) is 0.786. The van der Waals surface area contributed by atoms with E-state index >= 15 is 0 Å². The van der Waals surface area contributed by atoms with Crippen LogP contribution in [0.4, 0.5) is 0 Å². The molecule has 19 heavy (non-hydrogen) atoms. The van der Waals surface area contributed by atoms with Gasteiger partial charge in [0, 0.05) is 24.9 Å². The Morgan fingerprint density at radius 1 is 1.21 bits per heavy atom. The zero-order valence-corrected chi connectivity index (χ0v) is 11.9. The molecule has 1 aliphatic carbocycles. The molecule has 0 aromatic carbocycles. The van der Waals surface area contributed by atoms with Crippen LogP contribution in [0.1, 0.15) is 44.9 Å². The maximum Gasteiger partial charge on any atom is 0.227 e. The van der Waals surface area contributed by atoms with Crippen molar-refractivity contribution in [3.8, 4) is 6.07 Å². The molecule has 0 N–H and O–H groups in total. The molecule has 0 amide bonds. The van der Waals surface area contributed by atoms with Crippen LogP contribution in [0.3, 0.4) is 0 Å². The number of carbonyl (C=O) groups is 1. The van der Waals surface area contributed by atoms with E-state index in [9.17, 15) is 13.2 Å². The van der Waals surface area contributed by atoms with Crippen molar-refractivity contribution in [1.82, 2.24) is 4.31 Å². The Kier molecular flexibility index (Phi) is 4.58. The van der Waals surface area contributed by atoms with Crippen LogP contribution in [0, 0.1) is 17.2 Å². The van der Waals surface area contributed by atoms with E-state index in [1.807, 2.05) is 0 Å². The van der Waals surface area contributed by atoms with E-state index in [0.29, 0.717) is 13.0 Å². The minimum atomic E-state index is -3.54. The van der Waals surface area contributed by atoms with Crippen molar-refractivity contribution in [2.45, 2.75) is 51.0 Å². The number of nitriles is 1. The van der Waals surface area contributed by atoms with Crippen molar-refractivity contribution in [2.75, 3.05) is 12.3 Å². The number of nitrogens with zero attached hydrogens (tertiary/aromatic N) is 2. The molecule has 0 bridgehead atoms. The fourth-order valence-electron chi connectivity index (χ4n) is 3.26. The van der Waals surface area contributed by atoms with Crippen LogP contribution in [-0.2, 0) is 14.8 Å². The first kappa shape index (κ1) is 14.5. The normalized spacial score (nSPS) is 29.9. The first-order valence-electron chi connectivity index (χ1n) is 6.95. The van der Waals surface area contributed by atoms with Crippen LogP contribution >= 0.6 is 0 Å². The van der Waals surface area contributed by atoms with Gasteiger partial charge in [0.15, 0.2) is 5.75 Å². The molecule has 2 rings (SSSR count). The van der Waals surface area contributed by atoms with Crippen LogP contribution in [0.5, 0.6) is 0 Å². The summed E-state index contributed by atoms with van der Waals surface area (Å²) < 4.78 is 25.7. The predicted octanol–water partition coefficient (Wildman–Crippen LogP) is 1.45. The van der Waals surface area contributed by atoms with Gasteiger partial charge >= 0.3 is 0 Å². The van der Waals surface area contributed by atoms with E-state index in [1.165, 1.54) is 4.31 Å². The molecular formula is C13H20N2O3S. The highest BCUT2D eigenvalue weighted by Crippen LogP contribution is 2.33. The lowest BCUT2D eigenvalue weighted by molar-refractivity contribution is -0.126. The van der Waals surface area contributed by atoms with Gasteiger partial charge < -0.3 is 0 Å². The first-order chi connectivity index (χ1) is 9.06. The van der Waals surface area contributed by atoms with Crippen molar-refractivity contribution in [2.24, 2.45) is 5.92 Å². The second kappa shape index (κ2) is 6.02. The van der Waals surface area contributed by atoms with E-state index in [0.717, 1.165) is 38.5 Å². The summed E-state index contributed by atoms with van der Waals surface area (Å²) >= 11 is 0. The summed E-state index contributed by atoms with van der Waals surface area (Å²) in [6.45, 7) is 0.457. The van der Waals surface area contributed by atoms with E-state index < -0.39 is 15.8 Å². The molecule has 2 aliphatic rings. The second-order valence-corrected chi connectivity index (χ2v) is 7.33. The average Bonchev–Trinajstić information content (AvgIpc) is 2.39. The fraction of sp³-hybridized carbons (Fsp3) is 0.846. The van der Waals surface area contributed by atoms with Gasteiger partial charge in [0.2, 0.25) is 10.0 Å². The summed E-state index contributed by atoms with van der Waals surface area (Å²) in [7, 11) is -3.54. The SMILES string of the molecule is N#CCS(=O)(=O)N1CCCCC1C1CCCCC1=O. The van der Waals surface area contributed by atoms with Crippen LogP contribution < -0.4 is 0 Å². The summed E-state index contributed by atoms with van der Waals surface area (Å²) in [6, 6.07) is 1.52. The third-order valence-corrected chi connectivity index (χ3v) is 5.83. The Bertz CT molecular complexity index is 481. The zero-order chi connectivity index (χ0) is 13.9. The molecular weight excluding hydrogens is 264 g/mol. The number of hydrogen-bond donors (Lipinski definition) is 0. The summed E-state index contributed by atoms with van der Waals surface area (Å²) in [5.41, 5.74) is 0. The predicted molar refractivity (Wildman–Crippen MR) is 70.7 cm³/mol. The van der Waals surface area contributed by atoms with Crippen LogP contribution in [0.15, 0.2) is 0 Å². The number of rotatable bonds is 3. The maximum atomic E-state index is 12.1. The number of Topliss-reactive ketones (excluding diaryl/α,β-unsaturated/α-hetero) is 1. The molecule has 0 radical (unpaired) electrons. The van der Waals surface area contributed by atoms with Crippen molar-refractivity contribution in [1.29, 1.82) is 5.26 Å². The number of hydrogen-bond acceptors (Lipinski definition) is 4. The maximum absolute atomic E-state index is 12.1. The molecule has 1 heterocycles. The van der Waals surface area contributed by atoms with E-state index in [-0.39, 0.29) is 17.7 Å². The van der Waals surface area contributed by atoms with Crippen molar-refractivity contribution < 1.29 is 13.2 Å². The molecule has 0 aromatic heterocycles. The van der Waals surface area contributed by atoms with Crippen LogP contribution in [0.2, 0.25) is 0 Å². The average molecular weight is 284 g/mol. The monoisotopic (exact) mass is 284 g/mol. The fourth-order valence-corrected chi connectivity index (χ4v) is 4.66. The Morgan fingerprint density at radius 3 is 2.63 bits per heavy atom. The van der Waals surface area contributed by atoms with E-state index in [2.05, 4.69) is 0 Å². The van der Waals surface area contributed by atoms with Gasteiger partial charge in [-0.25, -0.2) is 8.42 Å². The van der Waals surface area contributed by atoms with Gasteiger partial charge in [-0.2, -0.15) is 9.57 Å². The molecule has 2 unspecified atom stereocenters. The number of carbonyl (C=O) groups excluding carboxylic acids is 1. The number of piperidine rings is 1. The molecule has 0 spiro atoms. The Balaban J connectivity index is 2.21. The molecule has 1 aliphatic heterocycles. The van der Waals surface area contributed by atoms with E-state index in [1.54, 1.807) is 6.07 Å². The smallest absolute Gasteiger partial charge is 0.227 e. The van der Waals surface area contributed by atoms with Gasteiger partial charge in [-0.1, -0.05) is 12.8 Å². The van der Waals surface area contributed by atoms with Gasteiger partial charge in [-0.15, -0.1) is 0 Å². The lowest BCUT2D eigenvalue weighted by atomic mass is 9.80. The van der Waals surface area contributed by atoms with E-state index in [4.69, 9.17) is 5.26 Å². The summed E-state index contributed by atoms with van der Waals surface area (Å²) in [5, 5.41) is 8.66. The second-order valence-electron chi connectivity index (χ2n) is 5.41. The summed E-state index contributed by atoms with van der Waals surface area (Å²) in [4.78, 5) is 12.0. The third kappa shape index (κ3) is 3.15. The molecule has 2 fully saturated rings. The van der Waals surface area contributed by atoms with Gasteiger partial charge in [0.05, 0.1) is 6.07 Å². The van der Waals surface area contributed by atoms with Crippen molar-refractivity contribution in [3.63, 3.8) is 0 Å². The molecule has 1 saturated carbocycles. The Labute approximate surface area is 114 Å². The lowest BCUT2D eigenvalue weighted by Crippen LogP contribution is -2.50. The highest BCUT2D eigenvalue weighted by molar-refractivity contribution is 7.89. The van der Waals surface area contributed by atoms with Crippen LogP contribution in [-0.4, -0.2) is 36.8 Å². The number of sulfonamides is 1. The summed E-state index contributed by atoms with van der Waals surface area (Å²) in [5.74, 6) is -0.428. The molecule has 106 valence electrons. The Hall–Kier alpha value is -0.930. The molecule has 0 aromatic rings. The van der Waals surface area contributed by atoms with Gasteiger partial charge in [-0.3, -0.25) is 4.79 Å². The third-order valence-electron chi connectivity index (χ3n) is 4.17. The molecule has 5 nitrogen and oxygen atoms in total. The minimum Gasteiger partial charge on any atom is -0.299 e. The zero-order valence-electron chi connectivity index (χ0n) is 11.0. The number of ketones is 1. The van der Waals surface area contributed by atoms with Gasteiger partial charge in [-0.05, 0) is 25.7 Å². The lowest BCUT2D eigenvalue weighted by Gasteiger charge is -2.39. The van der Waals surface area contributed by atoms with Gasteiger partial charge in [0.25, 0.3) is 0 Å². The topological polar surface area (TPSA) is 78.2 Å². The molecule has 1 saturated heterocycles. The standard InChI is InChI=1S/C13H20N2O3S/c14-8-10-19(17,18)15-9-4-3-6-12(15)11-5-1-2-7-13(11)16/h11-12H,1-7,9-10H2. The minimum absolute atomic E-state index is 0.150. The van der Waals surface area contributed by atoms with Crippen LogP contribution in [0.25, 0.3) is 0 Å². The first-order valence-corrected chi connectivity index (χ1v) is 8.56. The van der Waals surface area contributed by atoms with Crippen molar-refractivity contribution in [3.05, 3.63) is 0 Å². The van der Waals surface area contributed by atoms with Gasteiger partial charge in [0.1, 0.15) is 5.78 Å². The Morgan fingerprint density at radius 2 is 1.95 bits per heavy atom. The largest absolute Gasteiger partial charge is 0.299 e.